The van der Waals surface area contributed by atoms with E-state index in [1.165, 1.54) is 19.2 Å². The van der Waals surface area contributed by atoms with Gasteiger partial charge in [-0.25, -0.2) is 0 Å². The molecule has 80 valence electrons. The van der Waals surface area contributed by atoms with Crippen molar-refractivity contribution in [3.05, 3.63) is 29.3 Å². The van der Waals surface area contributed by atoms with E-state index < -0.39 is 0 Å². The van der Waals surface area contributed by atoms with E-state index in [1.807, 2.05) is 0 Å². The van der Waals surface area contributed by atoms with E-state index in [-0.39, 0.29) is 11.5 Å². The molecular weight excluding hydrogens is 216 g/mol. The SMILES string of the molecule is COc1cc(C=O)c(C=CCCl)cc1O. The quantitative estimate of drug-likeness (QED) is 0.634. The summed E-state index contributed by atoms with van der Waals surface area (Å²) in [4.78, 5) is 10.8. The van der Waals surface area contributed by atoms with Gasteiger partial charge in [0.1, 0.15) is 0 Å². The summed E-state index contributed by atoms with van der Waals surface area (Å²) in [6, 6.07) is 2.95. The first-order valence-electron chi connectivity index (χ1n) is 4.31. The summed E-state index contributed by atoms with van der Waals surface area (Å²) in [5, 5.41) is 9.50. The van der Waals surface area contributed by atoms with Crippen molar-refractivity contribution in [1.82, 2.24) is 0 Å². The van der Waals surface area contributed by atoms with Crippen molar-refractivity contribution < 1.29 is 14.6 Å². The number of methoxy groups -OCH3 is 1. The summed E-state index contributed by atoms with van der Waals surface area (Å²) in [5.41, 5.74) is 1.06. The molecule has 0 aromatic heterocycles. The van der Waals surface area contributed by atoms with Gasteiger partial charge in [0.05, 0.1) is 7.11 Å². The predicted octanol–water partition coefficient (Wildman–Crippen LogP) is 2.47. The number of ether oxygens (including phenoxy) is 1. The van der Waals surface area contributed by atoms with Crippen LogP contribution >= 0.6 is 11.6 Å². The summed E-state index contributed by atoms with van der Waals surface area (Å²) in [5.74, 6) is 0.628. The Kier molecular flexibility index (Phi) is 4.18. The maximum Gasteiger partial charge on any atom is 0.161 e. The average Bonchev–Trinajstić information content (AvgIpc) is 2.26. The highest BCUT2D eigenvalue weighted by Gasteiger charge is 2.06. The van der Waals surface area contributed by atoms with Crippen LogP contribution in [0.3, 0.4) is 0 Å². The fraction of sp³-hybridized carbons (Fsp3) is 0.182. The first kappa shape index (κ1) is 11.6. The number of benzene rings is 1. The van der Waals surface area contributed by atoms with Crippen LogP contribution in [-0.2, 0) is 0 Å². The molecule has 0 aliphatic heterocycles. The Morgan fingerprint density at radius 2 is 2.20 bits per heavy atom. The number of aromatic hydroxyl groups is 1. The maximum absolute atomic E-state index is 10.8. The number of carbonyl (C=O) groups is 1. The van der Waals surface area contributed by atoms with Gasteiger partial charge in [-0.3, -0.25) is 4.79 Å². The first-order chi connectivity index (χ1) is 7.22. The van der Waals surface area contributed by atoms with Gasteiger partial charge in [-0.05, 0) is 17.7 Å². The second-order valence-corrected chi connectivity index (χ2v) is 3.14. The van der Waals surface area contributed by atoms with Gasteiger partial charge in [-0.15, -0.1) is 11.6 Å². The molecule has 15 heavy (non-hydrogen) atoms. The van der Waals surface area contributed by atoms with E-state index in [4.69, 9.17) is 16.3 Å². The molecule has 0 aliphatic rings. The highest BCUT2D eigenvalue weighted by Crippen LogP contribution is 2.29. The Labute approximate surface area is 92.9 Å². The highest BCUT2D eigenvalue weighted by atomic mass is 35.5. The third-order valence-electron chi connectivity index (χ3n) is 1.90. The second-order valence-electron chi connectivity index (χ2n) is 2.83. The van der Waals surface area contributed by atoms with Crippen molar-refractivity contribution in [2.75, 3.05) is 13.0 Å². The second kappa shape index (κ2) is 5.41. The molecule has 0 atom stereocenters. The summed E-state index contributed by atoms with van der Waals surface area (Å²) in [6.45, 7) is 0. The molecule has 0 aliphatic carbocycles. The Hall–Kier alpha value is -1.48. The van der Waals surface area contributed by atoms with Crippen molar-refractivity contribution >= 4 is 24.0 Å². The van der Waals surface area contributed by atoms with Gasteiger partial charge in [-0.2, -0.15) is 0 Å². The Morgan fingerprint density at radius 3 is 2.73 bits per heavy atom. The molecule has 0 heterocycles. The van der Waals surface area contributed by atoms with Crippen LogP contribution < -0.4 is 4.74 Å². The van der Waals surface area contributed by atoms with E-state index >= 15 is 0 Å². The average molecular weight is 227 g/mol. The van der Waals surface area contributed by atoms with Crippen LogP contribution in [0.1, 0.15) is 15.9 Å². The number of alkyl halides is 1. The van der Waals surface area contributed by atoms with Gasteiger partial charge < -0.3 is 9.84 Å². The Balaban J connectivity index is 3.21. The third kappa shape index (κ3) is 2.73. The summed E-state index contributed by atoms with van der Waals surface area (Å²) in [7, 11) is 1.43. The zero-order valence-electron chi connectivity index (χ0n) is 8.24. The largest absolute Gasteiger partial charge is 0.504 e. The molecule has 0 bridgehead atoms. The van der Waals surface area contributed by atoms with E-state index in [1.54, 1.807) is 12.2 Å². The lowest BCUT2D eigenvalue weighted by Gasteiger charge is -2.06. The lowest BCUT2D eigenvalue weighted by Crippen LogP contribution is -1.90. The normalized spacial score (nSPS) is 10.5. The number of phenols is 1. The van der Waals surface area contributed by atoms with E-state index in [2.05, 4.69) is 0 Å². The highest BCUT2D eigenvalue weighted by molar-refractivity contribution is 6.19. The van der Waals surface area contributed by atoms with Crippen molar-refractivity contribution in [3.8, 4) is 11.5 Å². The van der Waals surface area contributed by atoms with Crippen LogP contribution in [-0.4, -0.2) is 24.4 Å². The number of carbonyl (C=O) groups excluding carboxylic acids is 1. The predicted molar refractivity (Wildman–Crippen MR) is 59.8 cm³/mol. The minimum atomic E-state index is -0.00248. The van der Waals surface area contributed by atoms with Gasteiger partial charge in [-0.1, -0.05) is 12.2 Å². The van der Waals surface area contributed by atoms with Crippen molar-refractivity contribution in [1.29, 1.82) is 0 Å². The molecule has 0 fully saturated rings. The molecule has 4 heteroatoms. The molecule has 0 spiro atoms. The minimum Gasteiger partial charge on any atom is -0.504 e. The molecule has 3 nitrogen and oxygen atoms in total. The number of aldehydes is 1. The summed E-state index contributed by atoms with van der Waals surface area (Å²) in [6.07, 6.45) is 4.07. The number of hydrogen-bond donors (Lipinski definition) is 1. The number of hydrogen-bond acceptors (Lipinski definition) is 3. The molecular formula is C11H11ClO3. The first-order valence-corrected chi connectivity index (χ1v) is 4.85. The van der Waals surface area contributed by atoms with E-state index in [0.717, 1.165) is 0 Å². The van der Waals surface area contributed by atoms with Crippen molar-refractivity contribution in [3.63, 3.8) is 0 Å². The Morgan fingerprint density at radius 1 is 1.47 bits per heavy atom. The summed E-state index contributed by atoms with van der Waals surface area (Å²) < 4.78 is 4.89. The molecule has 1 aromatic rings. The van der Waals surface area contributed by atoms with Gasteiger partial charge in [0.2, 0.25) is 0 Å². The molecule has 1 rings (SSSR count). The zero-order valence-corrected chi connectivity index (χ0v) is 8.99. The van der Waals surface area contributed by atoms with Gasteiger partial charge in [0.25, 0.3) is 0 Å². The third-order valence-corrected chi connectivity index (χ3v) is 2.08. The van der Waals surface area contributed by atoms with Gasteiger partial charge in [0.15, 0.2) is 17.8 Å². The van der Waals surface area contributed by atoms with E-state index in [9.17, 15) is 9.90 Å². The standard InChI is InChI=1S/C11H11ClO3/c1-15-11-6-9(7-13)8(3-2-4-12)5-10(11)14/h2-3,5-7,14H,4H2,1H3. The number of rotatable bonds is 4. The van der Waals surface area contributed by atoms with Crippen LogP contribution in [0.15, 0.2) is 18.2 Å². The molecule has 0 saturated carbocycles. The molecule has 0 amide bonds. The Bertz CT molecular complexity index is 386. The van der Waals surface area contributed by atoms with Gasteiger partial charge >= 0.3 is 0 Å². The maximum atomic E-state index is 10.8. The molecule has 0 radical (unpaired) electrons. The number of halogens is 1. The molecule has 1 N–H and O–H groups in total. The fourth-order valence-corrected chi connectivity index (χ4v) is 1.27. The van der Waals surface area contributed by atoms with Crippen molar-refractivity contribution in [2.45, 2.75) is 0 Å². The molecule has 0 saturated heterocycles. The van der Waals surface area contributed by atoms with Gasteiger partial charge in [0, 0.05) is 11.4 Å². The van der Waals surface area contributed by atoms with Crippen LogP contribution in [0.2, 0.25) is 0 Å². The van der Waals surface area contributed by atoms with Crippen LogP contribution in [0.4, 0.5) is 0 Å². The lowest BCUT2D eigenvalue weighted by atomic mass is 10.1. The van der Waals surface area contributed by atoms with Crippen molar-refractivity contribution in [2.24, 2.45) is 0 Å². The smallest absolute Gasteiger partial charge is 0.161 e. The number of allylic oxidation sites excluding steroid dienone is 1. The zero-order chi connectivity index (χ0) is 11.3. The lowest BCUT2D eigenvalue weighted by molar-refractivity contribution is 0.112. The monoisotopic (exact) mass is 226 g/mol. The van der Waals surface area contributed by atoms with E-state index in [0.29, 0.717) is 23.3 Å². The topological polar surface area (TPSA) is 46.5 Å². The van der Waals surface area contributed by atoms with Crippen LogP contribution in [0.25, 0.3) is 6.08 Å². The number of phenolic OH excluding ortho intramolecular Hbond substituents is 1. The van der Waals surface area contributed by atoms with Crippen LogP contribution in [0, 0.1) is 0 Å². The minimum absolute atomic E-state index is 0.00248. The molecule has 1 aromatic carbocycles. The fourth-order valence-electron chi connectivity index (χ4n) is 1.18. The van der Waals surface area contributed by atoms with Crippen LogP contribution in [0.5, 0.6) is 11.5 Å². The molecule has 0 unspecified atom stereocenters. The summed E-state index contributed by atoms with van der Waals surface area (Å²) >= 11 is 5.48.